The minimum atomic E-state index is -3.62. The molecule has 0 bridgehead atoms. The topological polar surface area (TPSA) is 70.2 Å². The van der Waals surface area contributed by atoms with E-state index in [0.717, 1.165) is 48.0 Å². The summed E-state index contributed by atoms with van der Waals surface area (Å²) in [6.07, 6.45) is 2.13. The Morgan fingerprint density at radius 2 is 1.57 bits per heavy atom. The van der Waals surface area contributed by atoms with E-state index < -0.39 is 10.0 Å². The summed E-state index contributed by atoms with van der Waals surface area (Å²) in [5.74, 6) is 0. The Labute approximate surface area is 166 Å². The maximum atomic E-state index is 13.0. The number of piperidine rings is 1. The van der Waals surface area contributed by atoms with E-state index in [9.17, 15) is 8.42 Å². The molecule has 0 aromatic heterocycles. The first-order chi connectivity index (χ1) is 13.6. The van der Waals surface area contributed by atoms with Crippen molar-refractivity contribution in [1.29, 1.82) is 0 Å². The van der Waals surface area contributed by atoms with E-state index >= 15 is 0 Å². The fourth-order valence-corrected chi connectivity index (χ4v) is 4.92. The van der Waals surface area contributed by atoms with Crippen LogP contribution in [-0.4, -0.2) is 27.5 Å². The van der Waals surface area contributed by atoms with Crippen molar-refractivity contribution in [3.8, 4) is 0 Å². The average molecular weight is 396 g/mol. The predicted molar refractivity (Wildman–Crippen MR) is 114 cm³/mol. The molecule has 4 rings (SSSR count). The molecule has 3 aromatic carbocycles. The molecule has 6 heteroatoms. The highest BCUT2D eigenvalue weighted by Gasteiger charge is 2.19. The molecule has 0 radical (unpaired) electrons. The van der Waals surface area contributed by atoms with Gasteiger partial charge in [-0.2, -0.15) is 0 Å². The van der Waals surface area contributed by atoms with Gasteiger partial charge in [0, 0.05) is 29.0 Å². The fourth-order valence-electron chi connectivity index (χ4n) is 3.68. The van der Waals surface area contributed by atoms with Gasteiger partial charge in [0.2, 0.25) is 10.0 Å². The number of anilines is 1. The van der Waals surface area contributed by atoms with Crippen molar-refractivity contribution in [2.24, 2.45) is 0 Å². The van der Waals surface area contributed by atoms with Crippen molar-refractivity contribution in [1.82, 2.24) is 10.0 Å². The largest absolute Gasteiger partial charge is 0.382 e. The zero-order valence-corrected chi connectivity index (χ0v) is 16.5. The number of benzene rings is 3. The lowest BCUT2D eigenvalue weighted by molar-refractivity contribution is 0.479. The SMILES string of the molecule is O=S(=O)(NCc1ccccc1)c1cccc2c(NC3CCNCC3)cccc12. The number of hydrogen-bond donors (Lipinski definition) is 3. The van der Waals surface area contributed by atoms with Gasteiger partial charge < -0.3 is 10.6 Å². The summed E-state index contributed by atoms with van der Waals surface area (Å²) >= 11 is 0. The smallest absolute Gasteiger partial charge is 0.241 e. The molecule has 146 valence electrons. The Balaban J connectivity index is 1.62. The second-order valence-corrected chi connectivity index (χ2v) is 8.87. The van der Waals surface area contributed by atoms with Crippen molar-refractivity contribution < 1.29 is 8.42 Å². The van der Waals surface area contributed by atoms with Crippen LogP contribution in [0.4, 0.5) is 5.69 Å². The first-order valence-electron chi connectivity index (χ1n) is 9.66. The van der Waals surface area contributed by atoms with Crippen molar-refractivity contribution in [3.05, 3.63) is 72.3 Å². The van der Waals surface area contributed by atoms with Crippen LogP contribution in [0.2, 0.25) is 0 Å². The second kappa shape index (κ2) is 8.31. The molecule has 0 atom stereocenters. The molecule has 0 saturated carbocycles. The predicted octanol–water partition coefficient (Wildman–Crippen LogP) is 3.48. The van der Waals surface area contributed by atoms with Crippen LogP contribution in [0.25, 0.3) is 10.8 Å². The molecule has 28 heavy (non-hydrogen) atoms. The zero-order chi connectivity index (χ0) is 19.4. The Morgan fingerprint density at radius 3 is 2.36 bits per heavy atom. The molecule has 1 saturated heterocycles. The molecule has 5 nitrogen and oxygen atoms in total. The van der Waals surface area contributed by atoms with Gasteiger partial charge in [-0.3, -0.25) is 0 Å². The summed E-state index contributed by atoms with van der Waals surface area (Å²) in [7, 11) is -3.62. The third-order valence-electron chi connectivity index (χ3n) is 5.18. The van der Waals surface area contributed by atoms with Crippen molar-refractivity contribution >= 4 is 26.5 Å². The second-order valence-electron chi connectivity index (χ2n) is 7.14. The summed E-state index contributed by atoms with van der Waals surface area (Å²) in [5, 5.41) is 8.64. The fraction of sp³-hybridized carbons (Fsp3) is 0.273. The van der Waals surface area contributed by atoms with Gasteiger partial charge in [0.15, 0.2) is 0 Å². The highest BCUT2D eigenvalue weighted by molar-refractivity contribution is 7.89. The quantitative estimate of drug-likeness (QED) is 0.598. The Bertz CT molecular complexity index is 1050. The standard InChI is InChI=1S/C22H25N3O2S/c26-28(27,24-16-17-6-2-1-3-7-17)22-11-5-8-19-20(22)9-4-10-21(19)25-18-12-14-23-15-13-18/h1-11,18,23-25H,12-16H2. The molecule has 1 fully saturated rings. The lowest BCUT2D eigenvalue weighted by atomic mass is 10.0. The van der Waals surface area contributed by atoms with E-state index in [4.69, 9.17) is 0 Å². The van der Waals surface area contributed by atoms with Crippen LogP contribution >= 0.6 is 0 Å². The van der Waals surface area contributed by atoms with Crippen molar-refractivity contribution in [3.63, 3.8) is 0 Å². The van der Waals surface area contributed by atoms with Gasteiger partial charge in [-0.05, 0) is 43.6 Å². The molecule has 0 unspecified atom stereocenters. The first kappa shape index (κ1) is 18.9. The maximum Gasteiger partial charge on any atom is 0.241 e. The summed E-state index contributed by atoms with van der Waals surface area (Å²) in [5.41, 5.74) is 1.92. The number of nitrogens with one attached hydrogen (secondary N) is 3. The van der Waals surface area contributed by atoms with E-state index in [1.807, 2.05) is 60.7 Å². The van der Waals surface area contributed by atoms with Gasteiger partial charge in [0.1, 0.15) is 0 Å². The van der Waals surface area contributed by atoms with E-state index in [1.165, 1.54) is 0 Å². The summed E-state index contributed by atoms with van der Waals surface area (Å²) in [4.78, 5) is 0.315. The molecular formula is C22H25N3O2S. The normalized spacial score (nSPS) is 15.6. The lowest BCUT2D eigenvalue weighted by Gasteiger charge is -2.25. The molecule has 3 N–H and O–H groups in total. The van der Waals surface area contributed by atoms with Crippen LogP contribution < -0.4 is 15.4 Å². The van der Waals surface area contributed by atoms with Gasteiger partial charge in [-0.25, -0.2) is 13.1 Å². The summed E-state index contributed by atoms with van der Waals surface area (Å²) in [6.45, 7) is 2.28. The molecule has 0 amide bonds. The van der Waals surface area contributed by atoms with Gasteiger partial charge in [0.05, 0.1) is 4.90 Å². The van der Waals surface area contributed by atoms with E-state index in [0.29, 0.717) is 10.9 Å². The molecular weight excluding hydrogens is 370 g/mol. The van der Waals surface area contributed by atoms with Crippen LogP contribution in [0.1, 0.15) is 18.4 Å². The third kappa shape index (κ3) is 4.19. The summed E-state index contributed by atoms with van der Waals surface area (Å²) < 4.78 is 28.7. The van der Waals surface area contributed by atoms with E-state index in [-0.39, 0.29) is 6.54 Å². The lowest BCUT2D eigenvalue weighted by Crippen LogP contribution is -2.35. The first-order valence-corrected chi connectivity index (χ1v) is 11.1. The van der Waals surface area contributed by atoms with Crippen LogP contribution in [-0.2, 0) is 16.6 Å². The molecule has 1 aliphatic rings. The minimum absolute atomic E-state index is 0.270. The van der Waals surface area contributed by atoms with Gasteiger partial charge in [-0.1, -0.05) is 54.6 Å². The molecule has 1 heterocycles. The van der Waals surface area contributed by atoms with Crippen LogP contribution in [0.3, 0.4) is 0 Å². The molecule has 1 aliphatic heterocycles. The van der Waals surface area contributed by atoms with Crippen LogP contribution in [0, 0.1) is 0 Å². The Morgan fingerprint density at radius 1 is 0.857 bits per heavy atom. The maximum absolute atomic E-state index is 13.0. The number of sulfonamides is 1. The van der Waals surface area contributed by atoms with Gasteiger partial charge >= 0.3 is 0 Å². The van der Waals surface area contributed by atoms with Crippen LogP contribution in [0.15, 0.2) is 71.6 Å². The van der Waals surface area contributed by atoms with E-state index in [1.54, 1.807) is 6.07 Å². The monoisotopic (exact) mass is 395 g/mol. The highest BCUT2D eigenvalue weighted by atomic mass is 32.2. The van der Waals surface area contributed by atoms with Crippen molar-refractivity contribution in [2.45, 2.75) is 30.3 Å². The number of hydrogen-bond acceptors (Lipinski definition) is 4. The Kier molecular flexibility index (Phi) is 5.62. The number of fused-ring (bicyclic) bond motifs is 1. The molecule has 0 spiro atoms. The third-order valence-corrected chi connectivity index (χ3v) is 6.64. The van der Waals surface area contributed by atoms with Gasteiger partial charge in [-0.15, -0.1) is 0 Å². The number of rotatable bonds is 6. The molecule has 3 aromatic rings. The van der Waals surface area contributed by atoms with Crippen LogP contribution in [0.5, 0.6) is 0 Å². The minimum Gasteiger partial charge on any atom is -0.382 e. The van der Waals surface area contributed by atoms with Gasteiger partial charge in [0.25, 0.3) is 0 Å². The van der Waals surface area contributed by atoms with Crippen molar-refractivity contribution in [2.75, 3.05) is 18.4 Å². The zero-order valence-electron chi connectivity index (χ0n) is 15.7. The summed E-state index contributed by atoms with van der Waals surface area (Å²) in [6, 6.07) is 21.2. The average Bonchev–Trinajstić information content (AvgIpc) is 2.74. The molecule has 0 aliphatic carbocycles. The van der Waals surface area contributed by atoms with E-state index in [2.05, 4.69) is 15.4 Å². The Hall–Kier alpha value is -2.41. The highest BCUT2D eigenvalue weighted by Crippen LogP contribution is 2.30.